The molecule has 0 bridgehead atoms. The Balaban J connectivity index is 1.85. The van der Waals surface area contributed by atoms with Gasteiger partial charge in [0, 0.05) is 25.1 Å². The van der Waals surface area contributed by atoms with Crippen molar-refractivity contribution < 1.29 is 14.1 Å². The van der Waals surface area contributed by atoms with Crippen LogP contribution in [-0.2, 0) is 0 Å². The van der Waals surface area contributed by atoms with Gasteiger partial charge in [0.15, 0.2) is 0 Å². The van der Waals surface area contributed by atoms with E-state index in [1.807, 2.05) is 0 Å². The van der Waals surface area contributed by atoms with Crippen LogP contribution in [0.25, 0.3) is 11.1 Å². The molecule has 0 saturated carbocycles. The first-order chi connectivity index (χ1) is 12.0. The van der Waals surface area contributed by atoms with Crippen molar-refractivity contribution in [1.29, 1.82) is 0 Å². The summed E-state index contributed by atoms with van der Waals surface area (Å²) in [5.74, 6) is -0.0993. The van der Waals surface area contributed by atoms with Crippen LogP contribution in [0.1, 0.15) is 0 Å². The molecule has 0 unspecified atom stereocenters. The number of amides is 2. The normalized spacial score (nSPS) is 14.1. The summed E-state index contributed by atoms with van der Waals surface area (Å²) in [4.78, 5) is 24.4. The molecule has 7 nitrogen and oxygen atoms in total. The predicted octanol–water partition coefficient (Wildman–Crippen LogP) is 2.82. The SMILES string of the molecule is NCC1CN(C(=O)Nc2cc(-c3ccc(F)cc3)ccc2[N+](=O)[O-])C1. The van der Waals surface area contributed by atoms with Crippen molar-refractivity contribution >= 4 is 17.4 Å². The highest BCUT2D eigenvalue weighted by atomic mass is 19.1. The smallest absolute Gasteiger partial charge is 0.322 e. The van der Waals surface area contributed by atoms with Gasteiger partial charge in [0.2, 0.25) is 0 Å². The number of likely N-dealkylation sites (tertiary alicyclic amines) is 1. The fourth-order valence-electron chi connectivity index (χ4n) is 2.70. The van der Waals surface area contributed by atoms with Crippen LogP contribution in [0.2, 0.25) is 0 Å². The van der Waals surface area contributed by atoms with Gasteiger partial charge in [-0.1, -0.05) is 12.1 Å². The highest BCUT2D eigenvalue weighted by Crippen LogP contribution is 2.31. The van der Waals surface area contributed by atoms with Crippen LogP contribution in [0.3, 0.4) is 0 Å². The fourth-order valence-corrected chi connectivity index (χ4v) is 2.70. The summed E-state index contributed by atoms with van der Waals surface area (Å²) in [6.45, 7) is 1.57. The molecule has 0 aliphatic carbocycles. The maximum Gasteiger partial charge on any atom is 0.322 e. The van der Waals surface area contributed by atoms with Crippen molar-refractivity contribution in [3.8, 4) is 11.1 Å². The van der Waals surface area contributed by atoms with Gasteiger partial charge < -0.3 is 16.0 Å². The molecule has 1 fully saturated rings. The van der Waals surface area contributed by atoms with Gasteiger partial charge in [0.25, 0.3) is 5.69 Å². The summed E-state index contributed by atoms with van der Waals surface area (Å²) >= 11 is 0. The number of halogens is 1. The second kappa shape index (κ2) is 6.86. The molecule has 0 radical (unpaired) electrons. The van der Waals surface area contributed by atoms with Crippen LogP contribution in [0.5, 0.6) is 0 Å². The van der Waals surface area contributed by atoms with E-state index >= 15 is 0 Å². The third-order valence-electron chi connectivity index (χ3n) is 4.19. The Morgan fingerprint density at radius 1 is 1.24 bits per heavy atom. The Labute approximate surface area is 143 Å². The number of benzene rings is 2. The lowest BCUT2D eigenvalue weighted by atomic mass is 10.0. The van der Waals surface area contributed by atoms with Crippen LogP contribution in [-0.4, -0.2) is 35.5 Å². The van der Waals surface area contributed by atoms with E-state index in [0.29, 0.717) is 30.8 Å². The van der Waals surface area contributed by atoms with Crippen molar-refractivity contribution in [3.63, 3.8) is 0 Å². The number of urea groups is 1. The number of hydrogen-bond donors (Lipinski definition) is 2. The number of nitrogens with two attached hydrogens (primary N) is 1. The zero-order valence-electron chi connectivity index (χ0n) is 13.3. The van der Waals surface area contributed by atoms with Gasteiger partial charge in [0.05, 0.1) is 4.92 Å². The average Bonchev–Trinajstić information content (AvgIpc) is 2.54. The number of carbonyl (C=O) groups excluding carboxylic acids is 1. The lowest BCUT2D eigenvalue weighted by Gasteiger charge is -2.38. The fraction of sp³-hybridized carbons (Fsp3) is 0.235. The highest BCUT2D eigenvalue weighted by molar-refractivity contribution is 5.93. The minimum absolute atomic E-state index is 0.105. The number of hydrogen-bond acceptors (Lipinski definition) is 4. The van der Waals surface area contributed by atoms with Gasteiger partial charge in [-0.05, 0) is 41.9 Å². The van der Waals surface area contributed by atoms with E-state index in [-0.39, 0.29) is 23.1 Å². The molecule has 2 aromatic rings. The lowest BCUT2D eigenvalue weighted by molar-refractivity contribution is -0.383. The molecule has 3 rings (SSSR count). The van der Waals surface area contributed by atoms with Crippen LogP contribution in [0.4, 0.5) is 20.6 Å². The summed E-state index contributed by atoms with van der Waals surface area (Å²) < 4.78 is 13.1. The number of nitro benzene ring substituents is 1. The second-order valence-electron chi connectivity index (χ2n) is 5.93. The molecular weight excluding hydrogens is 327 g/mol. The minimum atomic E-state index is -0.553. The third kappa shape index (κ3) is 3.58. The lowest BCUT2D eigenvalue weighted by Crippen LogP contribution is -2.54. The maximum absolute atomic E-state index is 13.1. The zero-order valence-corrected chi connectivity index (χ0v) is 13.3. The summed E-state index contributed by atoms with van der Waals surface area (Å²) in [7, 11) is 0. The van der Waals surface area contributed by atoms with E-state index in [1.165, 1.54) is 24.3 Å². The van der Waals surface area contributed by atoms with E-state index < -0.39 is 11.0 Å². The molecule has 0 atom stereocenters. The Morgan fingerprint density at radius 3 is 2.48 bits per heavy atom. The maximum atomic E-state index is 13.1. The topological polar surface area (TPSA) is 102 Å². The Morgan fingerprint density at radius 2 is 1.88 bits per heavy atom. The number of nitro groups is 1. The first kappa shape index (κ1) is 16.8. The van der Waals surface area contributed by atoms with Crippen LogP contribution < -0.4 is 11.1 Å². The van der Waals surface area contributed by atoms with Crippen molar-refractivity contribution in [2.24, 2.45) is 11.7 Å². The van der Waals surface area contributed by atoms with Crippen molar-refractivity contribution in [1.82, 2.24) is 4.90 Å². The molecule has 2 aromatic carbocycles. The summed E-state index contributed by atoms with van der Waals surface area (Å²) in [6.07, 6.45) is 0. The first-order valence-corrected chi connectivity index (χ1v) is 7.78. The van der Waals surface area contributed by atoms with Gasteiger partial charge in [0.1, 0.15) is 11.5 Å². The molecule has 25 heavy (non-hydrogen) atoms. The minimum Gasteiger partial charge on any atom is -0.330 e. The Bertz CT molecular complexity index is 804. The Kier molecular flexibility index (Phi) is 4.62. The molecule has 1 heterocycles. The Hall–Kier alpha value is -3.00. The third-order valence-corrected chi connectivity index (χ3v) is 4.19. The van der Waals surface area contributed by atoms with Gasteiger partial charge in [-0.2, -0.15) is 0 Å². The predicted molar refractivity (Wildman–Crippen MR) is 91.6 cm³/mol. The number of anilines is 1. The van der Waals surface area contributed by atoms with E-state index in [1.54, 1.807) is 23.1 Å². The van der Waals surface area contributed by atoms with Crippen LogP contribution in [0, 0.1) is 21.8 Å². The average molecular weight is 344 g/mol. The molecule has 0 spiro atoms. The molecule has 2 amide bonds. The molecular formula is C17H17FN4O3. The number of carbonyl (C=O) groups is 1. The molecule has 130 valence electrons. The van der Waals surface area contributed by atoms with Gasteiger partial charge in [-0.25, -0.2) is 9.18 Å². The van der Waals surface area contributed by atoms with E-state index in [9.17, 15) is 19.3 Å². The standard InChI is InChI=1S/C17H17FN4O3/c18-14-4-1-12(2-5-14)13-3-6-16(22(24)25)15(7-13)20-17(23)21-9-11(8-19)10-21/h1-7,11H,8-10,19H2,(H,20,23). The molecule has 3 N–H and O–H groups in total. The highest BCUT2D eigenvalue weighted by Gasteiger charge is 2.30. The monoisotopic (exact) mass is 344 g/mol. The van der Waals surface area contributed by atoms with E-state index in [4.69, 9.17) is 5.73 Å². The van der Waals surface area contributed by atoms with Crippen LogP contribution in [0.15, 0.2) is 42.5 Å². The molecule has 0 aromatic heterocycles. The van der Waals surface area contributed by atoms with Crippen molar-refractivity contribution in [2.45, 2.75) is 0 Å². The van der Waals surface area contributed by atoms with Gasteiger partial charge >= 0.3 is 6.03 Å². The molecule has 1 saturated heterocycles. The molecule has 1 aliphatic heterocycles. The molecule has 8 heteroatoms. The summed E-state index contributed by atoms with van der Waals surface area (Å²) in [6, 6.07) is 9.77. The largest absolute Gasteiger partial charge is 0.330 e. The summed E-state index contributed by atoms with van der Waals surface area (Å²) in [5, 5.41) is 13.8. The quantitative estimate of drug-likeness (QED) is 0.658. The zero-order chi connectivity index (χ0) is 18.0. The van der Waals surface area contributed by atoms with E-state index in [0.717, 1.165) is 0 Å². The number of rotatable bonds is 4. The van der Waals surface area contributed by atoms with Crippen molar-refractivity contribution in [3.05, 3.63) is 58.4 Å². The second-order valence-corrected chi connectivity index (χ2v) is 5.93. The first-order valence-electron chi connectivity index (χ1n) is 7.78. The van der Waals surface area contributed by atoms with Crippen LogP contribution >= 0.6 is 0 Å². The number of nitrogens with zero attached hydrogens (tertiary/aromatic N) is 2. The van der Waals surface area contributed by atoms with Gasteiger partial charge in [-0.15, -0.1) is 0 Å². The van der Waals surface area contributed by atoms with E-state index in [2.05, 4.69) is 5.32 Å². The molecule has 1 aliphatic rings. The number of nitrogens with one attached hydrogen (secondary N) is 1. The van der Waals surface area contributed by atoms with Gasteiger partial charge in [-0.3, -0.25) is 10.1 Å². The van der Waals surface area contributed by atoms with Crippen molar-refractivity contribution in [2.75, 3.05) is 25.0 Å². The summed E-state index contributed by atoms with van der Waals surface area (Å²) in [5.41, 5.74) is 6.78.